The van der Waals surface area contributed by atoms with Crippen LogP contribution in [0.1, 0.15) is 32.6 Å². The van der Waals surface area contributed by atoms with E-state index in [0.717, 1.165) is 19.3 Å². The molecule has 3 atom stereocenters. The third-order valence-electron chi connectivity index (χ3n) is 4.60. The van der Waals surface area contributed by atoms with Gasteiger partial charge in [-0.05, 0) is 26.2 Å². The topological polar surface area (TPSA) is 60.9 Å². The van der Waals surface area contributed by atoms with Crippen LogP contribution in [0.25, 0.3) is 0 Å². The lowest BCUT2D eigenvalue weighted by Gasteiger charge is -2.33. The van der Waals surface area contributed by atoms with Crippen molar-refractivity contribution in [1.29, 1.82) is 0 Å². The van der Waals surface area contributed by atoms with Crippen LogP contribution in [0.5, 0.6) is 0 Å². The first-order chi connectivity index (χ1) is 9.07. The van der Waals surface area contributed by atoms with Crippen LogP contribution >= 0.6 is 11.8 Å². The summed E-state index contributed by atoms with van der Waals surface area (Å²) in [6.45, 7) is 2.80. The van der Waals surface area contributed by atoms with Crippen molar-refractivity contribution in [1.82, 2.24) is 9.80 Å². The zero-order valence-electron chi connectivity index (χ0n) is 11.2. The third-order valence-corrected chi connectivity index (χ3v) is 6.11. The number of nitrogens with zero attached hydrogens (tertiary/aromatic N) is 2. The van der Waals surface area contributed by atoms with Crippen molar-refractivity contribution in [3.05, 3.63) is 0 Å². The fraction of sp³-hybridized carbons (Fsp3) is 0.846. The normalized spacial score (nSPS) is 38.1. The summed E-state index contributed by atoms with van der Waals surface area (Å²) in [5.41, 5.74) is 0. The zero-order chi connectivity index (χ0) is 13.6. The maximum Gasteiger partial charge on any atom is 0.246 e. The van der Waals surface area contributed by atoms with Gasteiger partial charge in [0.2, 0.25) is 11.8 Å². The number of amides is 2. The van der Waals surface area contributed by atoms with Crippen LogP contribution in [0.2, 0.25) is 0 Å². The monoisotopic (exact) mass is 284 g/mol. The van der Waals surface area contributed by atoms with Crippen molar-refractivity contribution in [3.63, 3.8) is 0 Å². The lowest BCUT2D eigenvalue weighted by Crippen LogP contribution is -2.52. The maximum absolute atomic E-state index is 12.7. The van der Waals surface area contributed by atoms with Gasteiger partial charge in [-0.1, -0.05) is 0 Å². The highest BCUT2D eigenvalue weighted by Crippen LogP contribution is 2.47. The van der Waals surface area contributed by atoms with Crippen LogP contribution in [0.15, 0.2) is 0 Å². The molecule has 0 aliphatic carbocycles. The van der Waals surface area contributed by atoms with Crippen molar-refractivity contribution in [2.75, 3.05) is 18.9 Å². The van der Waals surface area contributed by atoms with E-state index >= 15 is 0 Å². The predicted octanol–water partition coefficient (Wildman–Crippen LogP) is 0.424. The summed E-state index contributed by atoms with van der Waals surface area (Å²) >= 11 is 1.72. The number of aliphatic hydroxyl groups excluding tert-OH is 1. The smallest absolute Gasteiger partial charge is 0.246 e. The van der Waals surface area contributed by atoms with Crippen LogP contribution < -0.4 is 0 Å². The molecule has 3 fully saturated rings. The number of carbonyl (C=O) groups excluding carboxylic acids is 2. The van der Waals surface area contributed by atoms with Gasteiger partial charge in [0, 0.05) is 18.7 Å². The van der Waals surface area contributed by atoms with E-state index in [2.05, 4.69) is 6.92 Å². The number of likely N-dealkylation sites (tertiary alicyclic amines) is 1. The highest BCUT2D eigenvalue weighted by molar-refractivity contribution is 8.01. The van der Waals surface area contributed by atoms with Crippen LogP contribution in [0, 0.1) is 0 Å². The van der Waals surface area contributed by atoms with Crippen molar-refractivity contribution in [2.45, 2.75) is 49.6 Å². The summed E-state index contributed by atoms with van der Waals surface area (Å²) in [5.74, 6) is 0.823. The Morgan fingerprint density at radius 2 is 2.37 bits per heavy atom. The Morgan fingerprint density at radius 1 is 1.58 bits per heavy atom. The number of rotatable bonds is 2. The van der Waals surface area contributed by atoms with E-state index < -0.39 is 0 Å². The summed E-state index contributed by atoms with van der Waals surface area (Å²) in [6.07, 6.45) is 3.20. The molecule has 3 saturated heterocycles. The first-order valence-corrected chi connectivity index (χ1v) is 7.93. The molecule has 2 amide bonds. The minimum Gasteiger partial charge on any atom is -0.394 e. The summed E-state index contributed by atoms with van der Waals surface area (Å²) < 4.78 is 0. The molecule has 0 bridgehead atoms. The minimum atomic E-state index is -0.322. The van der Waals surface area contributed by atoms with E-state index in [1.54, 1.807) is 21.6 Å². The second kappa shape index (κ2) is 4.66. The van der Waals surface area contributed by atoms with E-state index in [1.165, 1.54) is 0 Å². The molecule has 6 heteroatoms. The molecule has 0 spiro atoms. The summed E-state index contributed by atoms with van der Waals surface area (Å²) in [5, 5.41) is 9.34. The van der Waals surface area contributed by atoms with Gasteiger partial charge in [-0.15, -0.1) is 11.8 Å². The lowest BCUT2D eigenvalue weighted by atomic mass is 10.2. The van der Waals surface area contributed by atoms with Crippen molar-refractivity contribution in [2.24, 2.45) is 0 Å². The lowest BCUT2D eigenvalue weighted by molar-refractivity contribution is -0.144. The average Bonchev–Trinajstić information content (AvgIpc) is 3.05. The molecule has 3 unspecified atom stereocenters. The zero-order valence-corrected chi connectivity index (χ0v) is 12.0. The molecule has 19 heavy (non-hydrogen) atoms. The van der Waals surface area contributed by atoms with E-state index in [1.807, 2.05) is 0 Å². The van der Waals surface area contributed by atoms with Gasteiger partial charge in [0.05, 0.1) is 17.5 Å². The molecule has 0 saturated carbocycles. The molecule has 0 aromatic rings. The van der Waals surface area contributed by atoms with Gasteiger partial charge in [0.25, 0.3) is 0 Å². The number of aliphatic hydroxyl groups is 1. The highest BCUT2D eigenvalue weighted by atomic mass is 32.2. The summed E-state index contributed by atoms with van der Waals surface area (Å²) in [7, 11) is 0. The molecule has 106 valence electrons. The Bertz CT molecular complexity index is 417. The van der Waals surface area contributed by atoms with E-state index in [0.29, 0.717) is 18.7 Å². The third kappa shape index (κ3) is 1.96. The van der Waals surface area contributed by atoms with Crippen LogP contribution in [-0.2, 0) is 9.59 Å². The van der Waals surface area contributed by atoms with Crippen molar-refractivity contribution < 1.29 is 14.7 Å². The number of thioether (sulfide) groups is 1. The van der Waals surface area contributed by atoms with Crippen LogP contribution in [-0.4, -0.2) is 62.6 Å². The molecule has 3 aliphatic heterocycles. The highest BCUT2D eigenvalue weighted by Gasteiger charge is 2.54. The van der Waals surface area contributed by atoms with Crippen LogP contribution in [0.4, 0.5) is 0 Å². The Morgan fingerprint density at radius 3 is 3.11 bits per heavy atom. The van der Waals surface area contributed by atoms with Crippen molar-refractivity contribution in [3.8, 4) is 0 Å². The Balaban J connectivity index is 1.79. The first kappa shape index (κ1) is 13.2. The number of fused-ring (bicyclic) bond motifs is 1. The summed E-state index contributed by atoms with van der Waals surface area (Å²) in [4.78, 5) is 28.1. The second-order valence-corrected chi connectivity index (χ2v) is 7.28. The number of hydrogen-bond donors (Lipinski definition) is 1. The molecule has 0 radical (unpaired) electrons. The molecule has 0 aromatic carbocycles. The minimum absolute atomic E-state index is 0.0246. The fourth-order valence-electron chi connectivity index (χ4n) is 3.51. The largest absolute Gasteiger partial charge is 0.394 e. The van der Waals surface area contributed by atoms with Gasteiger partial charge in [0.15, 0.2) is 0 Å². The van der Waals surface area contributed by atoms with E-state index in [-0.39, 0.29) is 35.4 Å². The van der Waals surface area contributed by atoms with Crippen molar-refractivity contribution >= 4 is 23.6 Å². The van der Waals surface area contributed by atoms with Crippen LogP contribution in [0.3, 0.4) is 0 Å². The molecular weight excluding hydrogens is 264 g/mol. The SMILES string of the molecule is CC12CCC(=O)N1C(C(=O)N1CCCC1CO)CS2. The molecule has 0 aromatic heterocycles. The van der Waals surface area contributed by atoms with E-state index in [4.69, 9.17) is 0 Å². The van der Waals surface area contributed by atoms with Gasteiger partial charge < -0.3 is 14.9 Å². The van der Waals surface area contributed by atoms with Gasteiger partial charge in [-0.25, -0.2) is 0 Å². The van der Waals surface area contributed by atoms with Gasteiger partial charge >= 0.3 is 0 Å². The van der Waals surface area contributed by atoms with Gasteiger partial charge in [0.1, 0.15) is 6.04 Å². The first-order valence-electron chi connectivity index (χ1n) is 6.94. The molecular formula is C13H20N2O3S. The molecule has 3 rings (SSSR count). The Labute approximate surface area is 117 Å². The fourth-order valence-corrected chi connectivity index (χ4v) is 4.93. The average molecular weight is 284 g/mol. The predicted molar refractivity (Wildman–Crippen MR) is 72.6 cm³/mol. The van der Waals surface area contributed by atoms with Gasteiger partial charge in [-0.2, -0.15) is 0 Å². The Hall–Kier alpha value is -0.750. The maximum atomic E-state index is 12.7. The summed E-state index contributed by atoms with van der Waals surface area (Å²) in [6, 6.07) is -0.376. The number of hydrogen-bond acceptors (Lipinski definition) is 4. The standard InChI is InChI=1S/C13H20N2O3S/c1-13-5-4-11(17)15(13)10(8-19-13)12(18)14-6-2-3-9(14)7-16/h9-10,16H,2-8H2,1H3. The number of carbonyl (C=O) groups is 2. The second-order valence-electron chi connectivity index (χ2n) is 5.78. The molecule has 3 aliphatic rings. The Kier molecular flexibility index (Phi) is 3.25. The molecule has 5 nitrogen and oxygen atoms in total. The van der Waals surface area contributed by atoms with Gasteiger partial charge in [-0.3, -0.25) is 9.59 Å². The molecule has 1 N–H and O–H groups in total. The molecule has 3 heterocycles. The van der Waals surface area contributed by atoms with E-state index in [9.17, 15) is 14.7 Å². The quantitative estimate of drug-likeness (QED) is 0.798.